The minimum Gasteiger partial charge on any atom is -0.355 e. The highest BCUT2D eigenvalue weighted by atomic mass is 32.2. The Kier molecular flexibility index (Phi) is 6.38. The van der Waals surface area contributed by atoms with E-state index in [1.807, 2.05) is 53.1 Å². The zero-order chi connectivity index (χ0) is 20.9. The maximum absolute atomic E-state index is 12.8. The summed E-state index contributed by atoms with van der Waals surface area (Å²) in [6, 6.07) is 20.4. The van der Waals surface area contributed by atoms with E-state index in [1.54, 1.807) is 0 Å². The molecule has 0 unspecified atom stereocenters. The summed E-state index contributed by atoms with van der Waals surface area (Å²) in [6.45, 7) is 3.32. The van der Waals surface area contributed by atoms with Crippen LogP contribution in [0.2, 0.25) is 0 Å². The Bertz CT molecular complexity index is 1060. The second kappa shape index (κ2) is 9.35. The van der Waals surface area contributed by atoms with Gasteiger partial charge in [-0.2, -0.15) is 11.8 Å². The number of benzene rings is 3. The molecule has 0 aromatic heterocycles. The molecule has 1 aliphatic rings. The number of carbonyl (C=O) groups is 2. The van der Waals surface area contributed by atoms with Gasteiger partial charge in [0.05, 0.1) is 5.69 Å². The first-order valence-electron chi connectivity index (χ1n) is 10.4. The first kappa shape index (κ1) is 20.5. The van der Waals surface area contributed by atoms with Gasteiger partial charge in [0.1, 0.15) is 0 Å². The summed E-state index contributed by atoms with van der Waals surface area (Å²) in [4.78, 5) is 26.7. The number of hydrogen-bond donors (Lipinski definition) is 1. The maximum Gasteiger partial charge on any atom is 0.258 e. The van der Waals surface area contributed by atoms with Crippen molar-refractivity contribution in [1.29, 1.82) is 0 Å². The second-order valence-corrected chi connectivity index (χ2v) is 8.73. The summed E-state index contributed by atoms with van der Waals surface area (Å²) < 4.78 is 0. The van der Waals surface area contributed by atoms with Crippen LogP contribution >= 0.6 is 11.8 Å². The predicted molar refractivity (Wildman–Crippen MR) is 125 cm³/mol. The van der Waals surface area contributed by atoms with Crippen LogP contribution < -0.4 is 10.2 Å². The normalized spacial score (nSPS) is 12.6. The molecule has 5 heteroatoms. The Labute approximate surface area is 181 Å². The van der Waals surface area contributed by atoms with Gasteiger partial charge in [0.25, 0.3) is 5.91 Å². The molecule has 3 aromatic carbocycles. The van der Waals surface area contributed by atoms with Crippen molar-refractivity contribution in [2.24, 2.45) is 0 Å². The van der Waals surface area contributed by atoms with Crippen molar-refractivity contribution in [1.82, 2.24) is 5.32 Å². The highest BCUT2D eigenvalue weighted by Gasteiger charge is 2.28. The first-order chi connectivity index (χ1) is 14.6. The van der Waals surface area contributed by atoms with Crippen LogP contribution in [-0.4, -0.2) is 30.7 Å². The van der Waals surface area contributed by atoms with E-state index in [2.05, 4.69) is 36.5 Å². The van der Waals surface area contributed by atoms with E-state index in [-0.39, 0.29) is 11.8 Å². The molecule has 0 saturated heterocycles. The molecule has 4 rings (SSSR count). The van der Waals surface area contributed by atoms with E-state index in [9.17, 15) is 9.59 Å². The second-order valence-electron chi connectivity index (χ2n) is 7.63. The van der Waals surface area contributed by atoms with E-state index in [0.717, 1.165) is 33.5 Å². The number of amides is 2. The van der Waals surface area contributed by atoms with Crippen molar-refractivity contribution in [3.05, 3.63) is 77.4 Å². The molecule has 0 fully saturated rings. The summed E-state index contributed by atoms with van der Waals surface area (Å²) in [6.07, 6.45) is 1.08. The lowest BCUT2D eigenvalue weighted by Crippen LogP contribution is -2.30. The average Bonchev–Trinajstić information content (AvgIpc) is 3.03. The molecule has 1 heterocycles. The van der Waals surface area contributed by atoms with Gasteiger partial charge >= 0.3 is 0 Å². The van der Waals surface area contributed by atoms with E-state index in [4.69, 9.17) is 0 Å². The van der Waals surface area contributed by atoms with Gasteiger partial charge in [0.15, 0.2) is 0 Å². The number of nitrogens with one attached hydrogen (secondary N) is 1. The molecule has 0 radical (unpaired) electrons. The minimum absolute atomic E-state index is 0.0368. The van der Waals surface area contributed by atoms with Crippen LogP contribution in [0.1, 0.15) is 34.3 Å². The van der Waals surface area contributed by atoms with Gasteiger partial charge in [0, 0.05) is 42.0 Å². The smallest absolute Gasteiger partial charge is 0.258 e. The van der Waals surface area contributed by atoms with Crippen LogP contribution in [0, 0.1) is 6.92 Å². The molecule has 0 bridgehead atoms. The third-order valence-corrected chi connectivity index (χ3v) is 6.42. The number of nitrogens with zero attached hydrogens (tertiary/aromatic N) is 1. The Morgan fingerprint density at radius 2 is 1.80 bits per heavy atom. The molecule has 4 nitrogen and oxygen atoms in total. The van der Waals surface area contributed by atoms with Crippen molar-refractivity contribution in [3.63, 3.8) is 0 Å². The molecule has 3 aromatic rings. The zero-order valence-corrected chi connectivity index (χ0v) is 18.0. The van der Waals surface area contributed by atoms with Gasteiger partial charge in [-0.05, 0) is 36.4 Å². The molecule has 0 saturated carbocycles. The molecule has 2 amide bonds. The monoisotopic (exact) mass is 418 g/mol. The quantitative estimate of drug-likeness (QED) is 0.501. The van der Waals surface area contributed by atoms with E-state index >= 15 is 0 Å². The lowest BCUT2D eigenvalue weighted by Gasteiger charge is -2.17. The zero-order valence-electron chi connectivity index (χ0n) is 17.2. The van der Waals surface area contributed by atoms with Gasteiger partial charge in [-0.15, -0.1) is 0 Å². The van der Waals surface area contributed by atoms with Gasteiger partial charge in [0.2, 0.25) is 5.91 Å². The Balaban J connectivity index is 1.18. The number of aryl methyl sites for hydroxylation is 1. The van der Waals surface area contributed by atoms with Crippen molar-refractivity contribution in [3.8, 4) is 0 Å². The minimum atomic E-state index is 0.0368. The van der Waals surface area contributed by atoms with E-state index < -0.39 is 0 Å². The van der Waals surface area contributed by atoms with Crippen LogP contribution in [0.25, 0.3) is 10.8 Å². The molecule has 1 aliphatic heterocycles. The molecule has 30 heavy (non-hydrogen) atoms. The van der Waals surface area contributed by atoms with Gasteiger partial charge in [-0.25, -0.2) is 0 Å². The summed E-state index contributed by atoms with van der Waals surface area (Å²) in [5.74, 6) is 1.93. The van der Waals surface area contributed by atoms with E-state index in [0.29, 0.717) is 25.9 Å². The Morgan fingerprint density at radius 1 is 1.03 bits per heavy atom. The van der Waals surface area contributed by atoms with Crippen LogP contribution in [0.3, 0.4) is 0 Å². The van der Waals surface area contributed by atoms with Gasteiger partial charge < -0.3 is 10.2 Å². The fourth-order valence-electron chi connectivity index (χ4n) is 3.82. The number of thioether (sulfide) groups is 1. The maximum atomic E-state index is 12.8. The predicted octanol–water partition coefficient (Wildman–Crippen LogP) is 4.94. The van der Waals surface area contributed by atoms with Crippen molar-refractivity contribution in [2.75, 3.05) is 23.7 Å². The number of hydrogen-bond acceptors (Lipinski definition) is 3. The van der Waals surface area contributed by atoms with Crippen molar-refractivity contribution < 1.29 is 9.59 Å². The highest BCUT2D eigenvalue weighted by molar-refractivity contribution is 7.98. The fraction of sp³-hybridized carbons (Fsp3) is 0.280. The molecule has 1 N–H and O–H groups in total. The third kappa shape index (κ3) is 4.51. The fourth-order valence-corrected chi connectivity index (χ4v) is 4.64. The summed E-state index contributed by atoms with van der Waals surface area (Å²) in [5, 5.41) is 5.10. The van der Waals surface area contributed by atoms with Crippen LogP contribution in [0.4, 0.5) is 5.69 Å². The lowest BCUT2D eigenvalue weighted by atomic mass is 10.1. The van der Waals surface area contributed by atoms with Crippen LogP contribution in [0.15, 0.2) is 60.7 Å². The Morgan fingerprint density at radius 3 is 2.60 bits per heavy atom. The molecule has 154 valence electrons. The number of anilines is 1. The molecule has 0 spiro atoms. The standard InChI is InChI=1S/C25H26N2O2S/c1-18-10-12-19(13-11-18)17-30-16-14-26-23(28)9-4-15-27-22-8-3-6-20-5-2-7-21(24(20)22)25(27)29/h2-3,5-8,10-13H,4,9,14-17H2,1H3,(H,26,28). The molecular formula is C25H26N2O2S. The molecule has 0 atom stereocenters. The largest absolute Gasteiger partial charge is 0.355 e. The van der Waals surface area contributed by atoms with Crippen molar-refractivity contribution in [2.45, 2.75) is 25.5 Å². The molecule has 0 aliphatic carbocycles. The van der Waals surface area contributed by atoms with E-state index in [1.165, 1.54) is 11.1 Å². The lowest BCUT2D eigenvalue weighted by molar-refractivity contribution is -0.121. The van der Waals surface area contributed by atoms with Gasteiger partial charge in [-0.1, -0.05) is 54.1 Å². The summed E-state index contributed by atoms with van der Waals surface area (Å²) in [5.41, 5.74) is 4.30. The topological polar surface area (TPSA) is 49.4 Å². The average molecular weight is 419 g/mol. The third-order valence-electron chi connectivity index (χ3n) is 5.39. The number of carbonyl (C=O) groups excluding carboxylic acids is 2. The Hall–Kier alpha value is -2.79. The van der Waals surface area contributed by atoms with Crippen LogP contribution in [-0.2, 0) is 10.5 Å². The summed E-state index contributed by atoms with van der Waals surface area (Å²) in [7, 11) is 0. The highest BCUT2D eigenvalue weighted by Crippen LogP contribution is 2.37. The SMILES string of the molecule is Cc1ccc(CSCCNC(=O)CCCN2C(=O)c3cccc4cccc2c34)cc1. The van der Waals surface area contributed by atoms with Gasteiger partial charge in [-0.3, -0.25) is 9.59 Å². The molecular weight excluding hydrogens is 392 g/mol. The van der Waals surface area contributed by atoms with Crippen molar-refractivity contribution >= 4 is 40.0 Å². The van der Waals surface area contributed by atoms with Crippen LogP contribution in [0.5, 0.6) is 0 Å². The number of rotatable bonds is 9. The summed E-state index contributed by atoms with van der Waals surface area (Å²) >= 11 is 1.82. The first-order valence-corrected chi connectivity index (χ1v) is 11.5.